The van der Waals surface area contributed by atoms with E-state index >= 15 is 0 Å². The van der Waals surface area contributed by atoms with Crippen molar-refractivity contribution in [2.24, 2.45) is 4.99 Å². The zero-order valence-corrected chi connectivity index (χ0v) is 15.1. The van der Waals surface area contributed by atoms with Crippen molar-refractivity contribution in [2.75, 3.05) is 6.61 Å². The number of alkyl halides is 3. The van der Waals surface area contributed by atoms with E-state index < -0.39 is 31.7 Å². The van der Waals surface area contributed by atoms with Crippen LogP contribution in [0.1, 0.15) is 17.0 Å². The molecule has 1 aliphatic carbocycles. The molecule has 0 saturated heterocycles. The van der Waals surface area contributed by atoms with Crippen molar-refractivity contribution in [3.8, 4) is 0 Å². The van der Waals surface area contributed by atoms with Gasteiger partial charge in [-0.05, 0) is 12.1 Å². The molecule has 1 heterocycles. The molecule has 0 unspecified atom stereocenters. The number of H-pyrrole nitrogens is 1. The van der Waals surface area contributed by atoms with Crippen LogP contribution in [0.15, 0.2) is 10.8 Å². The molecule has 1 aromatic rings. The SMILES string of the molecule is C[Si](C)(C)CCOCc1n[nH]c2c1C=C(F)C(=NC(=O)C(F)(F)F)C2. The monoisotopic (exact) mass is 377 g/mol. The maximum absolute atomic E-state index is 14.0. The van der Waals surface area contributed by atoms with Crippen molar-refractivity contribution in [3.05, 3.63) is 22.8 Å². The van der Waals surface area contributed by atoms with E-state index in [1.54, 1.807) is 0 Å². The van der Waals surface area contributed by atoms with E-state index in [-0.39, 0.29) is 13.0 Å². The Morgan fingerprint density at radius 1 is 1.40 bits per heavy atom. The van der Waals surface area contributed by atoms with Crippen LogP contribution in [0.2, 0.25) is 25.7 Å². The quantitative estimate of drug-likeness (QED) is 0.484. The second-order valence-electron chi connectivity index (χ2n) is 6.96. The third-order valence-electron chi connectivity index (χ3n) is 3.57. The highest BCUT2D eigenvalue weighted by Gasteiger charge is 2.39. The predicted molar refractivity (Wildman–Crippen MR) is 87.7 cm³/mol. The van der Waals surface area contributed by atoms with Crippen molar-refractivity contribution < 1.29 is 27.1 Å². The lowest BCUT2D eigenvalue weighted by molar-refractivity contribution is -0.169. The fourth-order valence-electron chi connectivity index (χ4n) is 2.13. The Balaban J connectivity index is 2.07. The fraction of sp³-hybridized carbons (Fsp3) is 0.533. The molecule has 5 nitrogen and oxygen atoms in total. The Labute approximate surface area is 143 Å². The van der Waals surface area contributed by atoms with Crippen molar-refractivity contribution in [1.82, 2.24) is 10.2 Å². The summed E-state index contributed by atoms with van der Waals surface area (Å²) < 4.78 is 56.3. The normalized spacial score (nSPS) is 16.8. The molecular formula is C15H19F4N3O2Si. The first-order valence-corrected chi connectivity index (χ1v) is 11.4. The van der Waals surface area contributed by atoms with Crippen LogP contribution in [-0.4, -0.2) is 42.7 Å². The zero-order valence-electron chi connectivity index (χ0n) is 14.1. The number of aromatic nitrogens is 2. The first-order valence-electron chi connectivity index (χ1n) is 7.67. The van der Waals surface area contributed by atoms with Crippen LogP contribution < -0.4 is 0 Å². The largest absolute Gasteiger partial charge is 0.473 e. The van der Waals surface area contributed by atoms with E-state index in [1.807, 2.05) is 0 Å². The van der Waals surface area contributed by atoms with E-state index in [2.05, 4.69) is 34.8 Å². The molecule has 1 aliphatic rings. The Hall–Kier alpha value is -1.81. The second kappa shape index (κ2) is 7.20. The minimum absolute atomic E-state index is 0.175. The zero-order chi connectivity index (χ0) is 18.8. The predicted octanol–water partition coefficient (Wildman–Crippen LogP) is 3.66. The van der Waals surface area contributed by atoms with Gasteiger partial charge in [0, 0.05) is 32.4 Å². The van der Waals surface area contributed by atoms with Crippen LogP contribution in [0.4, 0.5) is 17.6 Å². The van der Waals surface area contributed by atoms with Crippen LogP contribution in [0.5, 0.6) is 0 Å². The average Bonchev–Trinajstić information content (AvgIpc) is 2.84. The Morgan fingerprint density at radius 3 is 2.68 bits per heavy atom. The number of allylic oxidation sites excluding steroid dienone is 1. The summed E-state index contributed by atoms with van der Waals surface area (Å²) in [5.41, 5.74) is 0.745. The van der Waals surface area contributed by atoms with E-state index in [4.69, 9.17) is 4.74 Å². The summed E-state index contributed by atoms with van der Waals surface area (Å²) in [6.45, 7) is 7.39. The number of carbonyl (C=O) groups is 1. The molecule has 0 bridgehead atoms. The van der Waals surface area contributed by atoms with Crippen molar-refractivity contribution in [1.29, 1.82) is 0 Å². The van der Waals surface area contributed by atoms with Gasteiger partial charge in [0.2, 0.25) is 0 Å². The van der Waals surface area contributed by atoms with Gasteiger partial charge in [-0.3, -0.25) is 9.89 Å². The Morgan fingerprint density at radius 2 is 2.08 bits per heavy atom. The summed E-state index contributed by atoms with van der Waals surface area (Å²) in [5, 5.41) is 6.66. The Bertz CT molecular complexity index is 717. The van der Waals surface area contributed by atoms with Gasteiger partial charge in [-0.25, -0.2) is 9.38 Å². The number of nitrogens with zero attached hydrogens (tertiary/aromatic N) is 2. The van der Waals surface area contributed by atoms with E-state index in [0.29, 0.717) is 23.6 Å². The van der Waals surface area contributed by atoms with Gasteiger partial charge in [-0.1, -0.05) is 19.6 Å². The summed E-state index contributed by atoms with van der Waals surface area (Å²) >= 11 is 0. The van der Waals surface area contributed by atoms with Gasteiger partial charge in [-0.15, -0.1) is 0 Å². The third kappa shape index (κ3) is 5.33. The summed E-state index contributed by atoms with van der Waals surface area (Å²) in [5.74, 6) is -3.31. The van der Waals surface area contributed by atoms with Gasteiger partial charge in [-0.2, -0.15) is 18.3 Å². The topological polar surface area (TPSA) is 67.3 Å². The highest BCUT2D eigenvalue weighted by Crippen LogP contribution is 2.26. The van der Waals surface area contributed by atoms with Gasteiger partial charge in [0.25, 0.3) is 0 Å². The standard InChI is InChI=1S/C15H19F4N3O2Si/c1-25(2,3)5-4-24-8-13-9-6-10(16)12(7-11(9)21-22-13)20-14(23)15(17,18)19/h6H,4-5,7-8H2,1-3H3,(H,21,22). The molecule has 1 aromatic heterocycles. The molecule has 0 aromatic carbocycles. The smallest absolute Gasteiger partial charge is 0.375 e. The molecule has 10 heteroatoms. The number of hydrogen-bond acceptors (Lipinski definition) is 3. The van der Waals surface area contributed by atoms with Crippen molar-refractivity contribution in [2.45, 2.75) is 44.9 Å². The molecule has 1 N–H and O–H groups in total. The number of aromatic amines is 1. The first-order chi connectivity index (χ1) is 11.5. The van der Waals surface area contributed by atoms with Crippen molar-refractivity contribution >= 4 is 25.8 Å². The first kappa shape index (κ1) is 19.5. The van der Waals surface area contributed by atoms with Gasteiger partial charge < -0.3 is 4.74 Å². The number of ether oxygens (including phenoxy) is 1. The number of rotatable bonds is 5. The number of nitrogens with one attached hydrogen (secondary N) is 1. The summed E-state index contributed by atoms with van der Waals surface area (Å²) in [6, 6.07) is 0.972. The van der Waals surface area contributed by atoms with Gasteiger partial charge in [0.15, 0.2) is 0 Å². The van der Waals surface area contributed by atoms with Crippen LogP contribution in [0.3, 0.4) is 0 Å². The Kier molecular flexibility index (Phi) is 5.62. The van der Waals surface area contributed by atoms with Gasteiger partial charge in [0.1, 0.15) is 5.83 Å². The molecule has 0 aliphatic heterocycles. The van der Waals surface area contributed by atoms with Crippen molar-refractivity contribution in [3.63, 3.8) is 0 Å². The molecule has 138 valence electrons. The number of amides is 1. The molecular weight excluding hydrogens is 358 g/mol. The molecule has 0 fully saturated rings. The molecule has 0 radical (unpaired) electrons. The molecule has 0 saturated carbocycles. The number of fused-ring (bicyclic) bond motifs is 1. The lowest BCUT2D eigenvalue weighted by atomic mass is 10.0. The van der Waals surface area contributed by atoms with E-state index in [0.717, 1.165) is 12.1 Å². The second-order valence-corrected chi connectivity index (χ2v) is 12.6. The average molecular weight is 377 g/mol. The van der Waals surface area contributed by atoms with Crippen LogP contribution in [0, 0.1) is 0 Å². The minimum Gasteiger partial charge on any atom is -0.375 e. The highest BCUT2D eigenvalue weighted by molar-refractivity contribution is 6.76. The lowest BCUT2D eigenvalue weighted by Gasteiger charge is -2.15. The fourth-order valence-corrected chi connectivity index (χ4v) is 2.89. The lowest BCUT2D eigenvalue weighted by Crippen LogP contribution is -2.23. The number of halogens is 4. The highest BCUT2D eigenvalue weighted by atomic mass is 28.3. The van der Waals surface area contributed by atoms with Gasteiger partial charge in [0.05, 0.1) is 18.0 Å². The van der Waals surface area contributed by atoms with Crippen LogP contribution in [-0.2, 0) is 22.6 Å². The number of aliphatic imine (C=N–C) groups is 1. The number of hydrogen-bond donors (Lipinski definition) is 1. The van der Waals surface area contributed by atoms with Crippen LogP contribution in [0.25, 0.3) is 6.08 Å². The minimum atomic E-state index is -5.13. The maximum atomic E-state index is 14.0. The molecule has 0 atom stereocenters. The van der Waals surface area contributed by atoms with E-state index in [1.165, 1.54) is 0 Å². The maximum Gasteiger partial charge on any atom is 0.473 e. The molecule has 2 rings (SSSR count). The molecule has 25 heavy (non-hydrogen) atoms. The summed E-state index contributed by atoms with van der Waals surface area (Å²) in [7, 11) is -1.22. The number of carbonyl (C=O) groups excluding carboxylic acids is 1. The van der Waals surface area contributed by atoms with Crippen LogP contribution >= 0.6 is 0 Å². The molecule has 0 spiro atoms. The third-order valence-corrected chi connectivity index (χ3v) is 5.27. The van der Waals surface area contributed by atoms with E-state index in [9.17, 15) is 22.4 Å². The summed E-state index contributed by atoms with van der Waals surface area (Å²) in [6.07, 6.45) is -4.36. The summed E-state index contributed by atoms with van der Waals surface area (Å²) in [4.78, 5) is 13.7. The molecule has 1 amide bonds. The van der Waals surface area contributed by atoms with Gasteiger partial charge >= 0.3 is 12.1 Å².